The van der Waals surface area contributed by atoms with Crippen molar-refractivity contribution < 1.29 is 0 Å². The normalized spacial score (nSPS) is 12.7. The molecule has 1 aromatic heterocycles. The molecule has 0 aliphatic rings. The van der Waals surface area contributed by atoms with Gasteiger partial charge in [0.2, 0.25) is 0 Å². The molecule has 2 N–H and O–H groups in total. The van der Waals surface area contributed by atoms with E-state index in [9.17, 15) is 0 Å². The van der Waals surface area contributed by atoms with E-state index in [4.69, 9.17) is 5.73 Å². The van der Waals surface area contributed by atoms with E-state index in [1.54, 1.807) is 11.3 Å². The molecule has 0 saturated carbocycles. The first-order chi connectivity index (χ1) is 6.77. The van der Waals surface area contributed by atoms with Gasteiger partial charge in [-0.2, -0.15) is 0 Å². The zero-order chi connectivity index (χ0) is 9.97. The molecule has 1 heterocycles. The lowest BCUT2D eigenvalue weighted by molar-refractivity contribution is 0.835. The van der Waals surface area contributed by atoms with Crippen LogP contribution in [0, 0.1) is 0 Å². The molecular formula is C11H12N2S. The quantitative estimate of drug-likeness (QED) is 0.817. The van der Waals surface area contributed by atoms with E-state index in [1.165, 1.54) is 0 Å². The Bertz CT molecular complexity index is 406. The predicted molar refractivity (Wildman–Crippen MR) is 60.2 cm³/mol. The molecule has 0 bridgehead atoms. The van der Waals surface area contributed by atoms with Crippen molar-refractivity contribution in [2.24, 2.45) is 5.73 Å². The fourth-order valence-corrected chi connectivity index (χ4v) is 2.09. The van der Waals surface area contributed by atoms with Crippen LogP contribution in [0.3, 0.4) is 0 Å². The van der Waals surface area contributed by atoms with Crippen LogP contribution in [-0.2, 0) is 0 Å². The number of thiazole rings is 1. The lowest BCUT2D eigenvalue weighted by atomic mass is 10.2. The molecule has 0 spiro atoms. The highest BCUT2D eigenvalue weighted by Crippen LogP contribution is 2.27. The van der Waals surface area contributed by atoms with E-state index >= 15 is 0 Å². The van der Waals surface area contributed by atoms with E-state index in [2.05, 4.69) is 17.1 Å². The number of rotatable bonds is 2. The summed E-state index contributed by atoms with van der Waals surface area (Å²) in [5, 5.41) is 1.04. The number of hydrogen-bond donors (Lipinski definition) is 1. The van der Waals surface area contributed by atoms with E-state index in [1.807, 2.05) is 31.3 Å². The topological polar surface area (TPSA) is 38.9 Å². The minimum absolute atomic E-state index is 0.0740. The fraction of sp³-hybridized carbons (Fsp3) is 0.182. The van der Waals surface area contributed by atoms with E-state index in [0.717, 1.165) is 15.4 Å². The van der Waals surface area contributed by atoms with Crippen molar-refractivity contribution >= 4 is 11.3 Å². The third kappa shape index (κ3) is 1.84. The number of hydrogen-bond acceptors (Lipinski definition) is 3. The number of aromatic nitrogens is 1. The van der Waals surface area contributed by atoms with Crippen LogP contribution in [0.25, 0.3) is 10.6 Å². The first-order valence-electron chi connectivity index (χ1n) is 4.54. The summed E-state index contributed by atoms with van der Waals surface area (Å²) >= 11 is 1.66. The third-order valence-electron chi connectivity index (χ3n) is 1.99. The van der Waals surface area contributed by atoms with Crippen molar-refractivity contribution in [3.8, 4) is 10.6 Å². The first kappa shape index (κ1) is 9.37. The largest absolute Gasteiger partial charge is 0.323 e. The van der Waals surface area contributed by atoms with Crippen LogP contribution < -0.4 is 5.73 Å². The van der Waals surface area contributed by atoms with E-state index in [-0.39, 0.29) is 6.04 Å². The molecule has 2 rings (SSSR count). The minimum atomic E-state index is 0.0740. The van der Waals surface area contributed by atoms with Crippen molar-refractivity contribution in [2.45, 2.75) is 13.0 Å². The molecule has 0 saturated heterocycles. The molecule has 72 valence electrons. The minimum Gasteiger partial charge on any atom is -0.323 e. The Labute approximate surface area is 87.4 Å². The van der Waals surface area contributed by atoms with Gasteiger partial charge in [0, 0.05) is 22.7 Å². The standard InChI is InChI=1S/C11H12N2S/c1-8(12)10-7-13-11(14-10)9-5-3-2-4-6-9/h2-8H,12H2,1H3/t8-/m1/s1. The molecule has 0 aliphatic carbocycles. The Morgan fingerprint density at radius 1 is 1.29 bits per heavy atom. The van der Waals surface area contributed by atoms with Crippen LogP contribution in [0.2, 0.25) is 0 Å². The van der Waals surface area contributed by atoms with Crippen LogP contribution >= 0.6 is 11.3 Å². The van der Waals surface area contributed by atoms with Gasteiger partial charge < -0.3 is 5.73 Å². The summed E-state index contributed by atoms with van der Waals surface area (Å²) in [6, 6.07) is 10.2. The second-order valence-electron chi connectivity index (χ2n) is 3.22. The summed E-state index contributed by atoms with van der Waals surface area (Å²) in [5.41, 5.74) is 6.93. The van der Waals surface area contributed by atoms with Crippen molar-refractivity contribution in [1.29, 1.82) is 0 Å². The van der Waals surface area contributed by atoms with Gasteiger partial charge in [-0.1, -0.05) is 30.3 Å². The molecule has 0 aliphatic heterocycles. The van der Waals surface area contributed by atoms with Crippen LogP contribution in [0.15, 0.2) is 36.5 Å². The molecule has 1 aromatic carbocycles. The van der Waals surface area contributed by atoms with Crippen molar-refractivity contribution in [3.05, 3.63) is 41.4 Å². The number of nitrogens with two attached hydrogens (primary N) is 1. The van der Waals surface area contributed by atoms with Crippen LogP contribution in [0.4, 0.5) is 0 Å². The molecule has 0 amide bonds. The lowest BCUT2D eigenvalue weighted by Gasteiger charge is -1.97. The molecule has 2 nitrogen and oxygen atoms in total. The molecule has 0 radical (unpaired) electrons. The van der Waals surface area contributed by atoms with Gasteiger partial charge in [-0.25, -0.2) is 4.98 Å². The Morgan fingerprint density at radius 3 is 2.57 bits per heavy atom. The molecule has 1 atom stereocenters. The lowest BCUT2D eigenvalue weighted by Crippen LogP contribution is -2.01. The van der Waals surface area contributed by atoms with Gasteiger partial charge in [0.25, 0.3) is 0 Å². The van der Waals surface area contributed by atoms with Gasteiger partial charge in [-0.3, -0.25) is 0 Å². The number of nitrogens with zero attached hydrogens (tertiary/aromatic N) is 1. The maximum absolute atomic E-state index is 5.78. The van der Waals surface area contributed by atoms with Gasteiger partial charge >= 0.3 is 0 Å². The average Bonchev–Trinajstić information content (AvgIpc) is 2.68. The Hall–Kier alpha value is -1.19. The van der Waals surface area contributed by atoms with E-state index in [0.29, 0.717) is 0 Å². The summed E-state index contributed by atoms with van der Waals surface area (Å²) < 4.78 is 0. The van der Waals surface area contributed by atoms with Crippen LogP contribution in [0.5, 0.6) is 0 Å². The first-order valence-corrected chi connectivity index (χ1v) is 5.36. The van der Waals surface area contributed by atoms with Crippen molar-refractivity contribution in [3.63, 3.8) is 0 Å². The molecular weight excluding hydrogens is 192 g/mol. The third-order valence-corrected chi connectivity index (χ3v) is 3.24. The molecule has 0 fully saturated rings. The number of benzene rings is 1. The Morgan fingerprint density at radius 2 is 2.00 bits per heavy atom. The predicted octanol–water partition coefficient (Wildman–Crippen LogP) is 2.83. The van der Waals surface area contributed by atoms with Crippen molar-refractivity contribution in [1.82, 2.24) is 4.98 Å². The van der Waals surface area contributed by atoms with Gasteiger partial charge in [0.05, 0.1) is 0 Å². The zero-order valence-electron chi connectivity index (χ0n) is 7.97. The van der Waals surface area contributed by atoms with E-state index < -0.39 is 0 Å². The highest BCUT2D eigenvalue weighted by molar-refractivity contribution is 7.15. The molecule has 14 heavy (non-hydrogen) atoms. The van der Waals surface area contributed by atoms with Gasteiger partial charge in [0.15, 0.2) is 0 Å². The Kier molecular flexibility index (Phi) is 2.61. The Balaban J connectivity index is 2.34. The second kappa shape index (κ2) is 3.90. The zero-order valence-corrected chi connectivity index (χ0v) is 8.79. The summed E-state index contributed by atoms with van der Waals surface area (Å²) in [6.45, 7) is 1.97. The summed E-state index contributed by atoms with van der Waals surface area (Å²) in [4.78, 5) is 5.47. The SMILES string of the molecule is C[C@@H](N)c1cnc(-c2ccccc2)s1. The average molecular weight is 204 g/mol. The highest BCUT2D eigenvalue weighted by Gasteiger charge is 2.06. The summed E-state index contributed by atoms with van der Waals surface area (Å²) in [6.07, 6.45) is 1.86. The second-order valence-corrected chi connectivity index (χ2v) is 4.28. The van der Waals surface area contributed by atoms with Gasteiger partial charge in [-0.05, 0) is 6.92 Å². The maximum atomic E-state index is 5.78. The fourth-order valence-electron chi connectivity index (χ4n) is 1.21. The summed E-state index contributed by atoms with van der Waals surface area (Å²) in [5.74, 6) is 0. The van der Waals surface area contributed by atoms with Crippen LogP contribution in [0.1, 0.15) is 17.8 Å². The van der Waals surface area contributed by atoms with Crippen molar-refractivity contribution in [2.75, 3.05) is 0 Å². The van der Waals surface area contributed by atoms with Gasteiger partial charge in [-0.15, -0.1) is 11.3 Å². The summed E-state index contributed by atoms with van der Waals surface area (Å²) in [7, 11) is 0. The van der Waals surface area contributed by atoms with Crippen LogP contribution in [-0.4, -0.2) is 4.98 Å². The maximum Gasteiger partial charge on any atom is 0.123 e. The molecule has 3 heteroatoms. The monoisotopic (exact) mass is 204 g/mol. The molecule has 2 aromatic rings. The van der Waals surface area contributed by atoms with Gasteiger partial charge in [0.1, 0.15) is 5.01 Å². The smallest absolute Gasteiger partial charge is 0.123 e. The highest BCUT2D eigenvalue weighted by atomic mass is 32.1. The molecule has 0 unspecified atom stereocenters.